The Morgan fingerprint density at radius 2 is 2.20 bits per heavy atom. The number of aromatic nitrogens is 3. The Hall–Kier alpha value is -1.83. The van der Waals surface area contributed by atoms with E-state index in [1.807, 2.05) is 4.90 Å². The molecule has 0 unspecified atom stereocenters. The van der Waals surface area contributed by atoms with Crippen molar-refractivity contribution in [1.29, 1.82) is 0 Å². The Balaban J connectivity index is 1.58. The van der Waals surface area contributed by atoms with E-state index in [-0.39, 0.29) is 5.91 Å². The molecule has 0 bridgehead atoms. The summed E-state index contributed by atoms with van der Waals surface area (Å²) >= 11 is 1.25. The fraction of sp³-hybridized carbons (Fsp3) is 0.500. The van der Waals surface area contributed by atoms with E-state index in [1.54, 1.807) is 13.0 Å². The molecule has 1 aliphatic rings. The molecular formula is C12H14N4O3S. The van der Waals surface area contributed by atoms with Crippen LogP contribution in [0.4, 0.5) is 0 Å². The Bertz CT molecular complexity index is 603. The fourth-order valence-electron chi connectivity index (χ4n) is 2.02. The molecule has 0 aliphatic carbocycles. The highest BCUT2D eigenvalue weighted by atomic mass is 32.2. The molecule has 0 radical (unpaired) electrons. The standard InChI is InChI=1S/C12H14N4O3S/c1-8-6-9(15-19-8)11-13-14-12(18-11)20-7-10(17)16-4-2-3-5-16/h6H,2-5,7H2,1H3. The van der Waals surface area contributed by atoms with Crippen LogP contribution in [-0.4, -0.2) is 45.0 Å². The van der Waals surface area contributed by atoms with Crippen molar-refractivity contribution in [3.05, 3.63) is 11.8 Å². The summed E-state index contributed by atoms with van der Waals surface area (Å²) in [5, 5.41) is 12.0. The van der Waals surface area contributed by atoms with Crippen molar-refractivity contribution in [3.8, 4) is 11.6 Å². The van der Waals surface area contributed by atoms with Gasteiger partial charge >= 0.3 is 0 Å². The van der Waals surface area contributed by atoms with Crippen LogP contribution in [0.15, 0.2) is 20.2 Å². The zero-order valence-electron chi connectivity index (χ0n) is 11.0. The van der Waals surface area contributed by atoms with Crippen molar-refractivity contribution < 1.29 is 13.7 Å². The van der Waals surface area contributed by atoms with E-state index in [0.29, 0.717) is 28.3 Å². The minimum absolute atomic E-state index is 0.115. The maximum atomic E-state index is 11.9. The van der Waals surface area contributed by atoms with Gasteiger partial charge in [0.2, 0.25) is 5.91 Å². The molecule has 0 saturated carbocycles. The van der Waals surface area contributed by atoms with Crippen LogP contribution < -0.4 is 0 Å². The predicted octanol–water partition coefficient (Wildman–Crippen LogP) is 1.75. The zero-order valence-corrected chi connectivity index (χ0v) is 11.9. The molecule has 0 atom stereocenters. The smallest absolute Gasteiger partial charge is 0.277 e. The first kappa shape index (κ1) is 13.2. The van der Waals surface area contributed by atoms with Crippen molar-refractivity contribution in [3.63, 3.8) is 0 Å². The van der Waals surface area contributed by atoms with Gasteiger partial charge in [0.05, 0.1) is 5.75 Å². The summed E-state index contributed by atoms with van der Waals surface area (Å²) < 4.78 is 10.4. The van der Waals surface area contributed by atoms with Crippen molar-refractivity contribution in [2.24, 2.45) is 0 Å². The number of hydrogen-bond acceptors (Lipinski definition) is 7. The number of hydrogen-bond donors (Lipinski definition) is 0. The molecule has 3 rings (SSSR count). The van der Waals surface area contributed by atoms with Crippen LogP contribution in [0, 0.1) is 6.92 Å². The van der Waals surface area contributed by atoms with Gasteiger partial charge in [0.1, 0.15) is 5.76 Å². The molecule has 1 fully saturated rings. The van der Waals surface area contributed by atoms with E-state index in [0.717, 1.165) is 25.9 Å². The first-order chi connectivity index (χ1) is 9.72. The molecule has 8 heteroatoms. The van der Waals surface area contributed by atoms with Gasteiger partial charge in [0.15, 0.2) is 5.69 Å². The van der Waals surface area contributed by atoms with Gasteiger partial charge in [-0.2, -0.15) is 0 Å². The lowest BCUT2D eigenvalue weighted by Gasteiger charge is -2.13. The minimum Gasteiger partial charge on any atom is -0.409 e. The summed E-state index contributed by atoms with van der Waals surface area (Å²) in [5.74, 6) is 1.42. The topological polar surface area (TPSA) is 85.3 Å². The zero-order chi connectivity index (χ0) is 13.9. The summed E-state index contributed by atoms with van der Waals surface area (Å²) in [6.07, 6.45) is 2.18. The van der Waals surface area contributed by atoms with Gasteiger partial charge in [-0.25, -0.2) is 0 Å². The number of nitrogens with zero attached hydrogens (tertiary/aromatic N) is 4. The normalized spacial score (nSPS) is 14.9. The Morgan fingerprint density at radius 1 is 1.40 bits per heavy atom. The summed E-state index contributed by atoms with van der Waals surface area (Å²) in [6.45, 7) is 3.50. The number of aryl methyl sites for hydroxylation is 1. The van der Waals surface area contributed by atoms with Crippen molar-refractivity contribution in [2.75, 3.05) is 18.8 Å². The molecule has 2 aromatic heterocycles. The third-order valence-electron chi connectivity index (χ3n) is 3.03. The van der Waals surface area contributed by atoms with Gasteiger partial charge in [-0.1, -0.05) is 16.9 Å². The molecule has 3 heterocycles. The van der Waals surface area contributed by atoms with Gasteiger partial charge in [-0.05, 0) is 19.8 Å². The Morgan fingerprint density at radius 3 is 2.90 bits per heavy atom. The highest BCUT2D eigenvalue weighted by molar-refractivity contribution is 7.99. The number of amides is 1. The van der Waals surface area contributed by atoms with E-state index in [4.69, 9.17) is 8.94 Å². The fourth-order valence-corrected chi connectivity index (χ4v) is 2.69. The van der Waals surface area contributed by atoms with Gasteiger partial charge in [-0.3, -0.25) is 4.79 Å². The van der Waals surface area contributed by atoms with E-state index >= 15 is 0 Å². The van der Waals surface area contributed by atoms with E-state index < -0.39 is 0 Å². The number of rotatable bonds is 4. The molecule has 20 heavy (non-hydrogen) atoms. The molecule has 7 nitrogen and oxygen atoms in total. The van der Waals surface area contributed by atoms with Crippen molar-refractivity contribution >= 4 is 17.7 Å². The first-order valence-electron chi connectivity index (χ1n) is 6.40. The molecule has 1 amide bonds. The van der Waals surface area contributed by atoms with Crippen LogP contribution in [0.25, 0.3) is 11.6 Å². The minimum atomic E-state index is 0.115. The van der Waals surface area contributed by atoms with Crippen LogP contribution in [0.3, 0.4) is 0 Å². The lowest BCUT2D eigenvalue weighted by molar-refractivity contribution is -0.127. The van der Waals surface area contributed by atoms with Crippen molar-refractivity contribution in [2.45, 2.75) is 25.0 Å². The lowest BCUT2D eigenvalue weighted by atomic mass is 10.4. The van der Waals surface area contributed by atoms with Gasteiger partial charge < -0.3 is 13.8 Å². The number of carbonyl (C=O) groups is 1. The number of carbonyl (C=O) groups excluding carboxylic acids is 1. The second kappa shape index (κ2) is 5.66. The summed E-state index contributed by atoms with van der Waals surface area (Å²) in [5.41, 5.74) is 0.507. The third-order valence-corrected chi connectivity index (χ3v) is 3.83. The molecule has 1 saturated heterocycles. The number of likely N-dealkylation sites (tertiary alicyclic amines) is 1. The average molecular weight is 294 g/mol. The molecular weight excluding hydrogens is 280 g/mol. The van der Waals surface area contributed by atoms with E-state index in [1.165, 1.54) is 11.8 Å². The van der Waals surface area contributed by atoms with Crippen LogP contribution in [-0.2, 0) is 4.79 Å². The highest BCUT2D eigenvalue weighted by Crippen LogP contribution is 2.23. The average Bonchev–Trinajstić information content (AvgIpc) is 3.16. The third kappa shape index (κ3) is 2.84. The largest absolute Gasteiger partial charge is 0.409 e. The van der Waals surface area contributed by atoms with Crippen LogP contribution in [0.1, 0.15) is 18.6 Å². The SMILES string of the molecule is Cc1cc(-c2nnc(SCC(=O)N3CCCC3)o2)no1. The molecule has 0 aromatic carbocycles. The predicted molar refractivity (Wildman–Crippen MR) is 71.1 cm³/mol. The van der Waals surface area contributed by atoms with Crippen molar-refractivity contribution in [1.82, 2.24) is 20.3 Å². The quantitative estimate of drug-likeness (QED) is 0.794. The Labute approximate surface area is 119 Å². The monoisotopic (exact) mass is 294 g/mol. The van der Waals surface area contributed by atoms with Gasteiger partial charge in [0.25, 0.3) is 11.1 Å². The summed E-state index contributed by atoms with van der Waals surface area (Å²) in [4.78, 5) is 13.8. The van der Waals surface area contributed by atoms with Gasteiger partial charge in [-0.15, -0.1) is 10.2 Å². The van der Waals surface area contributed by atoms with E-state index in [9.17, 15) is 4.79 Å². The van der Waals surface area contributed by atoms with Crippen LogP contribution in [0.2, 0.25) is 0 Å². The number of thioether (sulfide) groups is 1. The second-order valence-electron chi connectivity index (χ2n) is 4.57. The first-order valence-corrected chi connectivity index (χ1v) is 7.39. The maximum absolute atomic E-state index is 11.9. The molecule has 0 N–H and O–H groups in total. The lowest BCUT2D eigenvalue weighted by Crippen LogP contribution is -2.29. The molecule has 1 aliphatic heterocycles. The maximum Gasteiger partial charge on any atom is 0.277 e. The highest BCUT2D eigenvalue weighted by Gasteiger charge is 2.19. The second-order valence-corrected chi connectivity index (χ2v) is 5.50. The molecule has 2 aromatic rings. The van der Waals surface area contributed by atoms with Gasteiger partial charge in [0, 0.05) is 19.2 Å². The molecule has 0 spiro atoms. The van der Waals surface area contributed by atoms with Crippen LogP contribution >= 0.6 is 11.8 Å². The summed E-state index contributed by atoms with van der Waals surface area (Å²) in [7, 11) is 0. The van der Waals surface area contributed by atoms with Crippen LogP contribution in [0.5, 0.6) is 0 Å². The molecule has 106 valence electrons. The Kier molecular flexibility index (Phi) is 3.72. The van der Waals surface area contributed by atoms with E-state index in [2.05, 4.69) is 15.4 Å². The summed E-state index contributed by atoms with van der Waals surface area (Å²) in [6, 6.07) is 1.72.